The fourth-order valence-corrected chi connectivity index (χ4v) is 13.0. The summed E-state index contributed by atoms with van der Waals surface area (Å²) in [5.74, 6) is 10.2. The van der Waals surface area contributed by atoms with Crippen LogP contribution in [0.5, 0.6) is 0 Å². The van der Waals surface area contributed by atoms with Crippen LogP contribution in [0, 0.1) is 58.2 Å². The standard InChI is InChI=1S/C43H64N3O10P/c1-26(2)10-8-11-27(3)32-15-16-33-31-14-13-29-22-30(17-19-41(29,4)34(31)18-20-42(32,33)5)54-40(49)44-21-9-12-28-23-46(39(48)45-37(28)47)38-35-36(56-57(7,50)51)43(55-38,24-52-6)25-53-35/h13,23,26-27,30-36,38H,8,10-11,14-22,24-25H2,1-7H3,(H,44,49)(H,50,51)(H,45,47,48)/t27?,30-,31+,32-,33+,34+,35?,36+,38-,41+,42-,43-/m1/s1. The van der Waals surface area contributed by atoms with Crippen LogP contribution in [-0.4, -0.2) is 78.0 Å². The predicted molar refractivity (Wildman–Crippen MR) is 215 cm³/mol. The van der Waals surface area contributed by atoms with E-state index in [-0.39, 0.29) is 36.8 Å². The Morgan fingerprint density at radius 1 is 1.14 bits per heavy atom. The number of nitrogens with zero attached hydrogens (tertiary/aromatic N) is 1. The van der Waals surface area contributed by atoms with Crippen molar-refractivity contribution in [2.75, 3.05) is 33.5 Å². The molecule has 1 amide bonds. The number of hydrogen-bond acceptors (Lipinski definition) is 9. The van der Waals surface area contributed by atoms with Crippen LogP contribution in [0.25, 0.3) is 0 Å². The molecule has 2 aliphatic heterocycles. The number of carbonyl (C=O) groups excluding carboxylic acids is 1. The second-order valence-electron chi connectivity index (χ2n) is 19.0. The van der Waals surface area contributed by atoms with Crippen molar-refractivity contribution in [1.82, 2.24) is 14.9 Å². The first kappa shape index (κ1) is 42.4. The van der Waals surface area contributed by atoms with Crippen LogP contribution in [0.15, 0.2) is 27.4 Å². The van der Waals surface area contributed by atoms with E-state index in [1.54, 1.807) is 0 Å². The molecule has 13 atom stereocenters. The van der Waals surface area contributed by atoms with Crippen molar-refractivity contribution in [3.05, 3.63) is 44.2 Å². The lowest BCUT2D eigenvalue weighted by Crippen LogP contribution is -2.51. The topological polar surface area (TPSA) is 167 Å². The van der Waals surface area contributed by atoms with Crippen molar-refractivity contribution >= 4 is 13.7 Å². The van der Waals surface area contributed by atoms with Gasteiger partial charge in [0.1, 0.15) is 29.5 Å². The first-order chi connectivity index (χ1) is 27.0. The number of ether oxygens (including phenoxy) is 4. The van der Waals surface area contributed by atoms with E-state index >= 15 is 0 Å². The molecule has 4 aliphatic carbocycles. The van der Waals surface area contributed by atoms with Gasteiger partial charge >= 0.3 is 19.4 Å². The number of alkyl carbamates (subject to hydrolysis) is 1. The molecule has 14 heteroatoms. The zero-order valence-corrected chi connectivity index (χ0v) is 35.7. The van der Waals surface area contributed by atoms with E-state index in [2.05, 4.69) is 62.8 Å². The number of H-pyrrole nitrogens is 1. The number of methoxy groups -OCH3 is 1. The monoisotopic (exact) mass is 813 g/mol. The lowest BCUT2D eigenvalue weighted by Gasteiger charge is -2.58. The van der Waals surface area contributed by atoms with E-state index in [0.29, 0.717) is 11.3 Å². The SMILES string of the molecule is COC[C@]12COC([C@H](n3cc(C#CCNC(=O)O[C@@H]4CC[C@@]5(C)C(=CC[C@H]6[C@@H]7CC[C@H](C(C)CCCC(C)C)[C@@]7(C)CC[C@@H]65)C4)c(=O)[nH]c3=O)O1)[C@@H]2OP(C)(=O)O. The molecule has 7 rings (SSSR count). The van der Waals surface area contributed by atoms with Gasteiger partial charge in [-0.15, -0.1) is 0 Å². The molecule has 3 saturated carbocycles. The summed E-state index contributed by atoms with van der Waals surface area (Å²) < 4.78 is 41.9. The van der Waals surface area contributed by atoms with Crippen LogP contribution in [0.4, 0.5) is 4.79 Å². The second kappa shape index (κ2) is 16.4. The summed E-state index contributed by atoms with van der Waals surface area (Å²) in [4.78, 5) is 50.7. The van der Waals surface area contributed by atoms with Crippen LogP contribution in [0.3, 0.4) is 0 Å². The van der Waals surface area contributed by atoms with Crippen molar-refractivity contribution in [1.29, 1.82) is 0 Å². The molecule has 316 valence electrons. The highest BCUT2D eigenvalue weighted by Crippen LogP contribution is 2.67. The van der Waals surface area contributed by atoms with Gasteiger partial charge in [0.05, 0.1) is 19.8 Å². The minimum atomic E-state index is -3.96. The molecule has 5 fully saturated rings. The van der Waals surface area contributed by atoms with Gasteiger partial charge in [0, 0.05) is 26.4 Å². The van der Waals surface area contributed by atoms with E-state index < -0.39 is 49.0 Å². The summed E-state index contributed by atoms with van der Waals surface area (Å²) in [6.07, 6.45) is 13.1. The van der Waals surface area contributed by atoms with Crippen LogP contribution >= 0.6 is 7.60 Å². The zero-order chi connectivity index (χ0) is 40.9. The van der Waals surface area contributed by atoms with Gasteiger partial charge in [-0.1, -0.05) is 77.4 Å². The Morgan fingerprint density at radius 3 is 2.67 bits per heavy atom. The van der Waals surface area contributed by atoms with E-state index in [1.807, 2.05) is 0 Å². The summed E-state index contributed by atoms with van der Waals surface area (Å²) in [6, 6.07) is 0. The molecule has 3 N–H and O–H groups in total. The first-order valence-corrected chi connectivity index (χ1v) is 23.3. The number of rotatable bonds is 12. The van der Waals surface area contributed by atoms with E-state index in [0.717, 1.165) is 66.5 Å². The molecule has 13 nitrogen and oxygen atoms in total. The molecule has 6 aliphatic rings. The van der Waals surface area contributed by atoms with Crippen molar-refractivity contribution in [3.63, 3.8) is 0 Å². The minimum Gasteiger partial charge on any atom is -0.446 e. The maximum Gasteiger partial charge on any atom is 0.408 e. The first-order valence-electron chi connectivity index (χ1n) is 21.2. The highest BCUT2D eigenvalue weighted by molar-refractivity contribution is 7.51. The smallest absolute Gasteiger partial charge is 0.408 e. The van der Waals surface area contributed by atoms with Crippen molar-refractivity contribution < 1.29 is 37.7 Å². The number of allylic oxidation sites excluding steroid dienone is 1. The Kier molecular flexibility index (Phi) is 12.2. The number of carbonyl (C=O) groups is 1. The molecule has 3 unspecified atom stereocenters. The van der Waals surface area contributed by atoms with Crippen molar-refractivity contribution in [2.45, 2.75) is 135 Å². The van der Waals surface area contributed by atoms with E-state index in [4.69, 9.17) is 23.5 Å². The molecule has 0 aromatic carbocycles. The Hall–Kier alpha value is -2.72. The van der Waals surface area contributed by atoms with Gasteiger partial charge < -0.3 is 29.2 Å². The normalized spacial score (nSPS) is 38.2. The molecule has 0 radical (unpaired) electrons. The van der Waals surface area contributed by atoms with Crippen molar-refractivity contribution in [3.8, 4) is 11.8 Å². The number of aromatic nitrogens is 2. The molecule has 2 saturated heterocycles. The Labute approximate surface area is 336 Å². The summed E-state index contributed by atoms with van der Waals surface area (Å²) in [6.45, 7) is 13.3. The summed E-state index contributed by atoms with van der Waals surface area (Å²) in [7, 11) is -2.52. The van der Waals surface area contributed by atoms with Gasteiger partial charge in [-0.05, 0) is 91.3 Å². The van der Waals surface area contributed by atoms with Gasteiger partial charge in [-0.3, -0.25) is 23.4 Å². The van der Waals surface area contributed by atoms with Crippen LogP contribution < -0.4 is 16.6 Å². The number of amides is 1. The zero-order valence-electron chi connectivity index (χ0n) is 34.8. The number of nitrogens with one attached hydrogen (secondary N) is 2. The molecule has 1 aromatic heterocycles. The Balaban J connectivity index is 0.938. The maximum atomic E-state index is 12.9. The van der Waals surface area contributed by atoms with Crippen molar-refractivity contribution in [2.24, 2.45) is 46.3 Å². The largest absolute Gasteiger partial charge is 0.446 e. The average molecular weight is 814 g/mol. The quantitative estimate of drug-likeness (QED) is 0.120. The van der Waals surface area contributed by atoms with E-state index in [1.165, 1.54) is 63.8 Å². The molecular weight excluding hydrogens is 749 g/mol. The third-order valence-corrected chi connectivity index (χ3v) is 15.6. The average Bonchev–Trinajstić information content (AvgIpc) is 3.76. The highest BCUT2D eigenvalue weighted by Gasteiger charge is 2.65. The van der Waals surface area contributed by atoms with E-state index in [9.17, 15) is 23.8 Å². The molecular formula is C43H64N3O10P. The van der Waals surface area contributed by atoms with Crippen LogP contribution in [0.2, 0.25) is 0 Å². The molecule has 1 aromatic rings. The molecule has 3 heterocycles. The third-order valence-electron chi connectivity index (χ3n) is 15.0. The van der Waals surface area contributed by atoms with Gasteiger partial charge in [-0.25, -0.2) is 9.59 Å². The summed E-state index contributed by atoms with van der Waals surface area (Å²) in [5, 5.41) is 2.70. The lowest BCUT2D eigenvalue weighted by atomic mass is 9.47. The second-order valence-corrected chi connectivity index (χ2v) is 20.9. The molecule has 0 spiro atoms. The summed E-state index contributed by atoms with van der Waals surface area (Å²) >= 11 is 0. The maximum absolute atomic E-state index is 12.9. The van der Waals surface area contributed by atoms with Crippen LogP contribution in [0.1, 0.15) is 117 Å². The van der Waals surface area contributed by atoms with Gasteiger partial charge in [0.25, 0.3) is 5.56 Å². The fraction of sp³-hybridized carbons (Fsp3) is 0.791. The number of aromatic amines is 1. The highest BCUT2D eigenvalue weighted by atomic mass is 31.2. The van der Waals surface area contributed by atoms with Gasteiger partial charge in [-0.2, -0.15) is 0 Å². The minimum absolute atomic E-state index is 0.0192. The van der Waals surface area contributed by atoms with Gasteiger partial charge in [0.2, 0.25) is 0 Å². The third kappa shape index (κ3) is 8.25. The number of hydrogen-bond donors (Lipinski definition) is 3. The lowest BCUT2D eigenvalue weighted by molar-refractivity contribution is -0.190. The Bertz CT molecular complexity index is 1930. The molecule has 57 heavy (non-hydrogen) atoms. The summed E-state index contributed by atoms with van der Waals surface area (Å²) in [5.41, 5.74) is -0.705. The number of fused-ring (bicyclic) bond motifs is 7. The predicted octanol–water partition coefficient (Wildman–Crippen LogP) is 6.54. The Morgan fingerprint density at radius 2 is 1.93 bits per heavy atom. The fourth-order valence-electron chi connectivity index (χ4n) is 12.3. The van der Waals surface area contributed by atoms with Gasteiger partial charge in [0.15, 0.2) is 6.23 Å². The van der Waals surface area contributed by atoms with Crippen LogP contribution in [-0.2, 0) is 28.0 Å². The molecule has 2 bridgehead atoms.